The Morgan fingerprint density at radius 3 is 2.39 bits per heavy atom. The number of piperazine rings is 1. The second kappa shape index (κ2) is 10.2. The lowest BCUT2D eigenvalue weighted by Crippen LogP contribution is -2.44. The molecule has 2 saturated heterocycles. The highest BCUT2D eigenvalue weighted by Crippen LogP contribution is 2.21. The van der Waals surface area contributed by atoms with Gasteiger partial charge in [0, 0.05) is 64.0 Å². The number of hydrogen-bond acceptors (Lipinski definition) is 5. The van der Waals surface area contributed by atoms with E-state index in [1.807, 2.05) is 12.1 Å². The number of aromatic nitrogens is 1. The molecule has 0 spiro atoms. The van der Waals surface area contributed by atoms with E-state index in [0.29, 0.717) is 38.5 Å². The molecule has 2 aromatic rings. The number of likely N-dealkylation sites (tertiary alicyclic amines) is 1. The molecule has 0 bridgehead atoms. The Balaban J connectivity index is 1.23. The molecule has 2 aliphatic rings. The van der Waals surface area contributed by atoms with Gasteiger partial charge in [0.2, 0.25) is 5.91 Å². The lowest BCUT2D eigenvalue weighted by Gasteiger charge is -2.33. The summed E-state index contributed by atoms with van der Waals surface area (Å²) in [6.07, 6.45) is 2.80. The van der Waals surface area contributed by atoms with Crippen molar-refractivity contribution in [1.82, 2.24) is 20.1 Å². The number of anilines is 1. The van der Waals surface area contributed by atoms with E-state index >= 15 is 0 Å². The number of likely N-dealkylation sites (N-methyl/N-ethyl adjacent to an activating group) is 1. The Kier molecular flexibility index (Phi) is 7.17. The second-order valence-electron chi connectivity index (χ2n) is 8.72. The first-order valence-electron chi connectivity index (χ1n) is 11.3. The first-order valence-corrected chi connectivity index (χ1v) is 11.3. The fourth-order valence-corrected chi connectivity index (χ4v) is 4.26. The summed E-state index contributed by atoms with van der Waals surface area (Å²) in [6.45, 7) is 5.05. The van der Waals surface area contributed by atoms with Crippen LogP contribution < -0.4 is 10.2 Å². The second-order valence-corrected chi connectivity index (χ2v) is 8.72. The summed E-state index contributed by atoms with van der Waals surface area (Å²) in [7, 11) is 2.11. The topological polar surface area (TPSA) is 68.8 Å². The predicted octanol–water partition coefficient (Wildman–Crippen LogP) is 2.28. The number of pyridine rings is 1. The number of carbonyl (C=O) groups excluding carboxylic acids is 2. The van der Waals surface area contributed by atoms with Crippen LogP contribution in [0.2, 0.25) is 0 Å². The average Bonchev–Trinajstić information content (AvgIpc) is 2.83. The molecular formula is C24H29F2N5O2. The van der Waals surface area contributed by atoms with Gasteiger partial charge in [0.05, 0.1) is 5.56 Å². The summed E-state index contributed by atoms with van der Waals surface area (Å²) in [5, 5.41) is 2.96. The molecule has 7 nitrogen and oxygen atoms in total. The Hall–Kier alpha value is -3.07. The van der Waals surface area contributed by atoms with Gasteiger partial charge in [0.1, 0.15) is 17.5 Å². The van der Waals surface area contributed by atoms with E-state index in [9.17, 15) is 18.4 Å². The van der Waals surface area contributed by atoms with Crippen LogP contribution in [0.5, 0.6) is 0 Å². The van der Waals surface area contributed by atoms with E-state index in [-0.39, 0.29) is 17.4 Å². The smallest absolute Gasteiger partial charge is 0.256 e. The third-order valence-electron chi connectivity index (χ3n) is 6.42. The van der Waals surface area contributed by atoms with Gasteiger partial charge in [-0.25, -0.2) is 13.8 Å². The van der Waals surface area contributed by atoms with Gasteiger partial charge in [-0.15, -0.1) is 0 Å². The Labute approximate surface area is 192 Å². The van der Waals surface area contributed by atoms with Crippen LogP contribution in [-0.4, -0.2) is 72.9 Å². The predicted molar refractivity (Wildman–Crippen MR) is 121 cm³/mol. The number of nitrogens with one attached hydrogen (secondary N) is 1. The van der Waals surface area contributed by atoms with Gasteiger partial charge in [-0.3, -0.25) is 9.59 Å². The van der Waals surface area contributed by atoms with Crippen LogP contribution in [0.1, 0.15) is 28.8 Å². The Morgan fingerprint density at radius 2 is 1.76 bits per heavy atom. The minimum absolute atomic E-state index is 0.0572. The Morgan fingerprint density at radius 1 is 1.03 bits per heavy atom. The molecule has 0 atom stereocenters. The van der Waals surface area contributed by atoms with E-state index < -0.39 is 17.5 Å². The third-order valence-corrected chi connectivity index (χ3v) is 6.42. The quantitative estimate of drug-likeness (QED) is 0.746. The molecule has 4 rings (SSSR count). The number of piperidine rings is 1. The number of benzene rings is 1. The zero-order chi connectivity index (χ0) is 23.4. The normalized spacial score (nSPS) is 17.8. The van der Waals surface area contributed by atoms with Crippen molar-refractivity contribution < 1.29 is 18.4 Å². The summed E-state index contributed by atoms with van der Waals surface area (Å²) in [5.74, 6) is -1.37. The van der Waals surface area contributed by atoms with Gasteiger partial charge in [-0.1, -0.05) is 6.07 Å². The number of nitrogens with zero attached hydrogens (tertiary/aromatic N) is 4. The van der Waals surface area contributed by atoms with Crippen molar-refractivity contribution in [1.29, 1.82) is 0 Å². The number of hydrogen-bond donors (Lipinski definition) is 1. The molecule has 2 fully saturated rings. The monoisotopic (exact) mass is 457 g/mol. The van der Waals surface area contributed by atoms with Crippen LogP contribution in [0.3, 0.4) is 0 Å². The molecule has 2 amide bonds. The molecule has 3 heterocycles. The van der Waals surface area contributed by atoms with Gasteiger partial charge < -0.3 is 20.0 Å². The van der Waals surface area contributed by atoms with Crippen molar-refractivity contribution in [2.24, 2.45) is 5.92 Å². The summed E-state index contributed by atoms with van der Waals surface area (Å²) in [4.78, 5) is 35.7. The highest BCUT2D eigenvalue weighted by atomic mass is 19.1. The van der Waals surface area contributed by atoms with Crippen LogP contribution in [0.15, 0.2) is 36.5 Å². The maximum atomic E-state index is 13.9. The van der Waals surface area contributed by atoms with Gasteiger partial charge >= 0.3 is 0 Å². The van der Waals surface area contributed by atoms with Crippen molar-refractivity contribution in [3.63, 3.8) is 0 Å². The van der Waals surface area contributed by atoms with Crippen LogP contribution >= 0.6 is 0 Å². The molecular weight excluding hydrogens is 428 g/mol. The highest BCUT2D eigenvalue weighted by molar-refractivity contribution is 5.94. The third kappa shape index (κ3) is 5.65. The summed E-state index contributed by atoms with van der Waals surface area (Å²) < 4.78 is 27.0. The van der Waals surface area contributed by atoms with E-state index in [1.54, 1.807) is 6.20 Å². The van der Waals surface area contributed by atoms with Crippen molar-refractivity contribution in [3.05, 3.63) is 59.3 Å². The molecule has 1 aromatic heterocycles. The number of halogens is 2. The SMILES string of the molecule is CN1CCN(c2ccc(CNC(=O)C3CCN(C(=O)c4ccc(F)cc4F)CC3)cn2)CC1. The molecule has 176 valence electrons. The van der Waals surface area contributed by atoms with Crippen LogP contribution in [0.25, 0.3) is 0 Å². The van der Waals surface area contributed by atoms with Crippen molar-refractivity contribution >= 4 is 17.6 Å². The lowest BCUT2D eigenvalue weighted by molar-refractivity contribution is -0.126. The summed E-state index contributed by atoms with van der Waals surface area (Å²) in [5.41, 5.74) is 0.785. The standard InChI is InChI=1S/C24H29F2N5O2/c1-29-10-12-30(13-11-29)22-5-2-17(15-27-22)16-28-23(32)18-6-8-31(9-7-18)24(33)20-4-3-19(25)14-21(20)26/h2-5,14-15,18H,6-13,16H2,1H3,(H,28,32). The first kappa shape index (κ1) is 23.1. The highest BCUT2D eigenvalue weighted by Gasteiger charge is 2.29. The fourth-order valence-electron chi connectivity index (χ4n) is 4.26. The largest absolute Gasteiger partial charge is 0.354 e. The number of carbonyl (C=O) groups is 2. The summed E-state index contributed by atoms with van der Waals surface area (Å²) in [6, 6.07) is 6.92. The molecule has 0 saturated carbocycles. The van der Waals surface area contributed by atoms with Gasteiger partial charge in [0.25, 0.3) is 5.91 Å². The van der Waals surface area contributed by atoms with Gasteiger partial charge in [-0.05, 0) is 43.7 Å². The van der Waals surface area contributed by atoms with Gasteiger partial charge in [-0.2, -0.15) is 0 Å². The lowest BCUT2D eigenvalue weighted by atomic mass is 9.95. The van der Waals surface area contributed by atoms with Crippen molar-refractivity contribution in [3.8, 4) is 0 Å². The van der Waals surface area contributed by atoms with E-state index in [0.717, 1.165) is 49.7 Å². The number of amides is 2. The van der Waals surface area contributed by atoms with Crippen LogP contribution in [0, 0.1) is 17.6 Å². The molecule has 0 radical (unpaired) electrons. The molecule has 1 N–H and O–H groups in total. The van der Waals surface area contributed by atoms with Gasteiger partial charge in [0.15, 0.2) is 0 Å². The zero-order valence-electron chi connectivity index (χ0n) is 18.8. The number of rotatable bonds is 5. The van der Waals surface area contributed by atoms with Crippen LogP contribution in [-0.2, 0) is 11.3 Å². The maximum absolute atomic E-state index is 13.9. The van der Waals surface area contributed by atoms with Crippen molar-refractivity contribution in [2.45, 2.75) is 19.4 Å². The maximum Gasteiger partial charge on any atom is 0.256 e. The summed E-state index contributed by atoms with van der Waals surface area (Å²) >= 11 is 0. The van der Waals surface area contributed by atoms with E-state index in [4.69, 9.17) is 0 Å². The molecule has 2 aliphatic heterocycles. The average molecular weight is 458 g/mol. The molecule has 9 heteroatoms. The Bertz CT molecular complexity index is 985. The zero-order valence-corrected chi connectivity index (χ0v) is 18.8. The minimum atomic E-state index is -0.868. The molecule has 1 aromatic carbocycles. The van der Waals surface area contributed by atoms with E-state index in [1.165, 1.54) is 4.90 Å². The van der Waals surface area contributed by atoms with Crippen molar-refractivity contribution in [2.75, 3.05) is 51.2 Å². The molecule has 0 aliphatic carbocycles. The van der Waals surface area contributed by atoms with E-state index in [2.05, 4.69) is 27.1 Å². The minimum Gasteiger partial charge on any atom is -0.354 e. The van der Waals surface area contributed by atoms with Crippen LogP contribution in [0.4, 0.5) is 14.6 Å². The molecule has 33 heavy (non-hydrogen) atoms. The molecule has 0 unspecified atom stereocenters. The fraction of sp³-hybridized carbons (Fsp3) is 0.458. The first-order chi connectivity index (χ1) is 15.9.